The van der Waals surface area contributed by atoms with Crippen molar-refractivity contribution in [2.45, 2.75) is 96.2 Å². The first-order valence-corrected chi connectivity index (χ1v) is 11.7. The van der Waals surface area contributed by atoms with Gasteiger partial charge >= 0.3 is 0 Å². The number of aliphatic hydroxyl groups is 1. The van der Waals surface area contributed by atoms with Crippen LogP contribution in [0.5, 0.6) is 0 Å². The Morgan fingerprint density at radius 3 is 2.64 bits per heavy atom. The van der Waals surface area contributed by atoms with E-state index in [2.05, 4.69) is 17.2 Å². The summed E-state index contributed by atoms with van der Waals surface area (Å²) in [5.74, 6) is 3.08. The summed E-state index contributed by atoms with van der Waals surface area (Å²) in [4.78, 5) is 0. The van der Waals surface area contributed by atoms with Crippen molar-refractivity contribution in [2.75, 3.05) is 6.61 Å². The van der Waals surface area contributed by atoms with Gasteiger partial charge in [-0.05, 0) is 86.9 Å². The average molecular weight is 389 g/mol. The monoisotopic (exact) mass is 388 g/mol. The summed E-state index contributed by atoms with van der Waals surface area (Å²) in [6.07, 6.45) is 11.8. The minimum atomic E-state index is 0.124. The van der Waals surface area contributed by atoms with Gasteiger partial charge in [0.05, 0.1) is 5.60 Å². The largest absolute Gasteiger partial charge is 0.396 e. The first-order valence-electron chi connectivity index (χ1n) is 11.7. The van der Waals surface area contributed by atoms with Crippen molar-refractivity contribution in [1.29, 1.82) is 0 Å². The number of fused-ring (bicyclic) bond motifs is 5. The molecule has 5 nitrogen and oxygen atoms in total. The van der Waals surface area contributed by atoms with Gasteiger partial charge < -0.3 is 9.84 Å². The van der Waals surface area contributed by atoms with E-state index in [9.17, 15) is 5.11 Å². The number of hydrogen-bond acceptors (Lipinski definition) is 5. The van der Waals surface area contributed by atoms with E-state index in [1.54, 1.807) is 0 Å². The van der Waals surface area contributed by atoms with E-state index >= 15 is 0 Å². The average Bonchev–Trinajstić information content (AvgIpc) is 3.00. The molecule has 0 amide bonds. The molecule has 5 unspecified atom stereocenters. The van der Waals surface area contributed by atoms with Crippen molar-refractivity contribution in [3.05, 3.63) is 11.4 Å². The molecule has 6 rings (SSSR count). The predicted octanol–water partition coefficient (Wildman–Crippen LogP) is 4.33. The van der Waals surface area contributed by atoms with Gasteiger partial charge in [-0.2, -0.15) is 0 Å². The van der Waals surface area contributed by atoms with Crippen LogP contribution in [0, 0.1) is 29.1 Å². The van der Waals surface area contributed by atoms with Gasteiger partial charge in [0.1, 0.15) is 17.0 Å². The lowest BCUT2D eigenvalue weighted by Crippen LogP contribution is -2.54. The molecule has 1 aromatic heterocycles. The Kier molecular flexibility index (Phi) is 4.44. The quantitative estimate of drug-likeness (QED) is 0.781. The van der Waals surface area contributed by atoms with Crippen molar-refractivity contribution >= 4 is 0 Å². The summed E-state index contributed by atoms with van der Waals surface area (Å²) in [6, 6.07) is 0. The molecule has 1 saturated heterocycles. The second-order valence-electron chi connectivity index (χ2n) is 10.1. The summed E-state index contributed by atoms with van der Waals surface area (Å²) in [5, 5.41) is 17.7. The highest BCUT2D eigenvalue weighted by molar-refractivity contribution is 5.28. The van der Waals surface area contributed by atoms with Gasteiger partial charge in [-0.3, -0.25) is 0 Å². The second kappa shape index (κ2) is 6.53. The maximum absolute atomic E-state index is 9.29. The molecule has 1 N–H and O–H groups in total. The molecular formula is C23H36N2O3. The summed E-state index contributed by atoms with van der Waals surface area (Å²) in [5.41, 5.74) is 2.88. The SMILES string of the molecule is CC.CC12Cc3nonc3C[C@@H]1CCC1C2CCC23O[C@@]2(CCCO)CCC13. The predicted molar refractivity (Wildman–Crippen MR) is 106 cm³/mol. The van der Waals surface area contributed by atoms with Gasteiger partial charge in [0.25, 0.3) is 0 Å². The number of epoxide rings is 1. The van der Waals surface area contributed by atoms with Gasteiger partial charge in [0.2, 0.25) is 0 Å². The fourth-order valence-electron chi connectivity index (χ4n) is 8.23. The molecule has 0 aromatic carbocycles. The molecular weight excluding hydrogens is 352 g/mol. The molecule has 5 heteroatoms. The fourth-order valence-corrected chi connectivity index (χ4v) is 8.23. The van der Waals surface area contributed by atoms with E-state index in [1.165, 1.54) is 38.5 Å². The van der Waals surface area contributed by atoms with Crippen LogP contribution in [0.1, 0.15) is 83.5 Å². The Balaban J connectivity index is 0.000000829. The lowest BCUT2D eigenvalue weighted by molar-refractivity contribution is -0.0821. The summed E-state index contributed by atoms with van der Waals surface area (Å²) >= 11 is 0. The van der Waals surface area contributed by atoms with Crippen LogP contribution in [0.2, 0.25) is 0 Å². The van der Waals surface area contributed by atoms with Crippen molar-refractivity contribution < 1.29 is 14.5 Å². The maximum Gasteiger partial charge on any atom is 0.108 e. The minimum Gasteiger partial charge on any atom is -0.396 e. The first-order chi connectivity index (χ1) is 13.6. The molecule has 1 spiro atoms. The van der Waals surface area contributed by atoms with Crippen LogP contribution in [0.25, 0.3) is 0 Å². The normalized spacial score (nSPS) is 47.6. The Bertz CT molecular complexity index is 735. The molecule has 28 heavy (non-hydrogen) atoms. The highest BCUT2D eigenvalue weighted by Crippen LogP contribution is 2.74. The van der Waals surface area contributed by atoms with Gasteiger partial charge in [-0.25, -0.2) is 4.63 Å². The third kappa shape index (κ3) is 2.32. The van der Waals surface area contributed by atoms with E-state index in [0.717, 1.165) is 60.7 Å². The Morgan fingerprint density at radius 2 is 1.82 bits per heavy atom. The lowest BCUT2D eigenvalue weighted by atomic mass is 9.47. The number of hydrogen-bond donors (Lipinski definition) is 1. The van der Waals surface area contributed by atoms with Crippen LogP contribution in [0.3, 0.4) is 0 Å². The molecule has 1 aromatic rings. The third-order valence-corrected chi connectivity index (χ3v) is 9.42. The van der Waals surface area contributed by atoms with E-state index in [1.807, 2.05) is 13.8 Å². The van der Waals surface area contributed by atoms with Gasteiger partial charge in [-0.15, -0.1) is 0 Å². The van der Waals surface area contributed by atoms with Crippen LogP contribution in [0.4, 0.5) is 0 Å². The Morgan fingerprint density at radius 1 is 1.04 bits per heavy atom. The molecule has 156 valence electrons. The zero-order valence-corrected chi connectivity index (χ0v) is 17.7. The van der Waals surface area contributed by atoms with E-state index in [4.69, 9.17) is 9.37 Å². The van der Waals surface area contributed by atoms with Crippen LogP contribution in [0.15, 0.2) is 4.63 Å². The number of nitrogens with zero attached hydrogens (tertiary/aromatic N) is 2. The molecule has 2 heterocycles. The molecule has 3 saturated carbocycles. The van der Waals surface area contributed by atoms with Gasteiger partial charge in [0.15, 0.2) is 0 Å². The number of aliphatic hydroxyl groups excluding tert-OH is 1. The number of aromatic nitrogens is 2. The summed E-state index contributed by atoms with van der Waals surface area (Å²) in [7, 11) is 0. The molecule has 1 aliphatic heterocycles. The van der Waals surface area contributed by atoms with E-state index in [0.29, 0.717) is 12.0 Å². The fraction of sp³-hybridized carbons (Fsp3) is 0.913. The maximum atomic E-state index is 9.29. The molecule has 4 aliphatic carbocycles. The second-order valence-corrected chi connectivity index (χ2v) is 10.1. The van der Waals surface area contributed by atoms with E-state index in [-0.39, 0.29) is 11.2 Å². The molecule has 0 radical (unpaired) electrons. The first kappa shape index (κ1) is 19.0. The Hall–Kier alpha value is -0.940. The highest BCUT2D eigenvalue weighted by Gasteiger charge is 2.78. The lowest BCUT2D eigenvalue weighted by Gasteiger charge is -2.57. The van der Waals surface area contributed by atoms with Crippen molar-refractivity contribution in [3.63, 3.8) is 0 Å². The standard InChI is InChI=1S/C21H30N2O3.C2H6/c1-19-12-18-17(22-26-23-18)11-13(19)3-4-14-15(19)6-9-21-16(14)5-8-20(21,25-21)7-2-10-24;1-2/h13-16,24H,2-12H2,1H3;1-2H3/t13-,14?,15?,16?,19?,20-,21?;/m0./s1. The molecule has 4 fully saturated rings. The van der Waals surface area contributed by atoms with Crippen molar-refractivity contribution in [3.8, 4) is 0 Å². The highest BCUT2D eigenvalue weighted by atomic mass is 16.6. The number of rotatable bonds is 3. The van der Waals surface area contributed by atoms with Crippen molar-refractivity contribution in [2.24, 2.45) is 29.1 Å². The summed E-state index contributed by atoms with van der Waals surface area (Å²) < 4.78 is 11.6. The molecule has 5 aliphatic rings. The Labute approximate surface area is 168 Å². The van der Waals surface area contributed by atoms with E-state index < -0.39 is 0 Å². The smallest absolute Gasteiger partial charge is 0.108 e. The zero-order valence-electron chi connectivity index (χ0n) is 17.7. The topological polar surface area (TPSA) is 71.7 Å². The minimum absolute atomic E-state index is 0.124. The van der Waals surface area contributed by atoms with Crippen LogP contribution in [-0.4, -0.2) is 33.2 Å². The summed E-state index contributed by atoms with van der Waals surface area (Å²) in [6.45, 7) is 6.83. The van der Waals surface area contributed by atoms with Crippen LogP contribution >= 0.6 is 0 Å². The van der Waals surface area contributed by atoms with Gasteiger partial charge in [0, 0.05) is 13.0 Å². The zero-order chi connectivity index (χ0) is 19.6. The van der Waals surface area contributed by atoms with Gasteiger partial charge in [-0.1, -0.05) is 31.1 Å². The third-order valence-electron chi connectivity index (χ3n) is 9.42. The van der Waals surface area contributed by atoms with Crippen LogP contribution in [-0.2, 0) is 17.6 Å². The molecule has 0 bridgehead atoms. The van der Waals surface area contributed by atoms with Crippen molar-refractivity contribution in [1.82, 2.24) is 10.3 Å². The molecule has 7 atom stereocenters. The van der Waals surface area contributed by atoms with Crippen LogP contribution < -0.4 is 0 Å². The number of ether oxygens (including phenoxy) is 1.